The van der Waals surface area contributed by atoms with Gasteiger partial charge in [0.15, 0.2) is 17.3 Å². The summed E-state index contributed by atoms with van der Waals surface area (Å²) in [5.41, 5.74) is 2.61. The maximum absolute atomic E-state index is 12.4. The fraction of sp³-hybridized carbons (Fsp3) is 0.250. The average molecular weight is 434 g/mol. The lowest BCUT2D eigenvalue weighted by Crippen LogP contribution is -2.25. The normalized spacial score (nSPS) is 10.4. The van der Waals surface area contributed by atoms with Crippen LogP contribution >= 0.6 is 0 Å². The highest BCUT2D eigenvalue weighted by Gasteiger charge is 2.12. The van der Waals surface area contributed by atoms with Gasteiger partial charge in [-0.15, -0.1) is 10.2 Å². The molecule has 8 nitrogen and oxygen atoms in total. The van der Waals surface area contributed by atoms with Gasteiger partial charge in [-0.3, -0.25) is 9.59 Å². The predicted molar refractivity (Wildman–Crippen MR) is 122 cm³/mol. The summed E-state index contributed by atoms with van der Waals surface area (Å²) in [5.74, 6) is 1.20. The van der Waals surface area contributed by atoms with Gasteiger partial charge in [0.05, 0.1) is 7.11 Å². The van der Waals surface area contributed by atoms with E-state index in [4.69, 9.17) is 9.47 Å². The number of methoxy groups -OCH3 is 1. The van der Waals surface area contributed by atoms with E-state index in [0.717, 1.165) is 11.1 Å². The van der Waals surface area contributed by atoms with Gasteiger partial charge in [0.25, 0.3) is 5.56 Å². The van der Waals surface area contributed by atoms with Crippen LogP contribution in [0.2, 0.25) is 0 Å². The summed E-state index contributed by atoms with van der Waals surface area (Å²) in [7, 11) is 1.53. The molecule has 0 spiro atoms. The van der Waals surface area contributed by atoms with E-state index in [1.807, 2.05) is 31.2 Å². The van der Waals surface area contributed by atoms with E-state index < -0.39 is 0 Å². The number of hydrogen-bond donors (Lipinski definition) is 2. The summed E-state index contributed by atoms with van der Waals surface area (Å²) >= 11 is 0. The Labute approximate surface area is 186 Å². The molecule has 2 N–H and O–H groups in total. The van der Waals surface area contributed by atoms with Crippen LogP contribution in [0.3, 0.4) is 0 Å². The maximum Gasteiger partial charge on any atom is 0.273 e. The minimum Gasteiger partial charge on any atom is -0.493 e. The van der Waals surface area contributed by atoms with Crippen LogP contribution in [0.1, 0.15) is 23.2 Å². The monoisotopic (exact) mass is 434 g/mol. The van der Waals surface area contributed by atoms with E-state index in [2.05, 4.69) is 27.1 Å². The first-order chi connectivity index (χ1) is 15.5. The molecule has 0 fully saturated rings. The molecular formula is C24H26N4O4. The molecular weight excluding hydrogens is 408 g/mol. The minimum atomic E-state index is -0.382. The number of benzene rings is 2. The number of rotatable bonds is 10. The molecule has 0 radical (unpaired) electrons. The van der Waals surface area contributed by atoms with Crippen molar-refractivity contribution in [1.82, 2.24) is 20.5 Å². The lowest BCUT2D eigenvalue weighted by Gasteiger charge is -2.10. The second-order valence-corrected chi connectivity index (χ2v) is 7.18. The number of carbonyl (C=O) groups is 1. The van der Waals surface area contributed by atoms with Crippen LogP contribution in [-0.2, 0) is 17.8 Å². The lowest BCUT2D eigenvalue weighted by atomic mass is 10.1. The van der Waals surface area contributed by atoms with Crippen molar-refractivity contribution in [2.24, 2.45) is 0 Å². The van der Waals surface area contributed by atoms with Crippen LogP contribution in [0.5, 0.6) is 11.5 Å². The van der Waals surface area contributed by atoms with Crippen LogP contribution in [-0.4, -0.2) is 34.8 Å². The Kier molecular flexibility index (Phi) is 7.75. The van der Waals surface area contributed by atoms with Crippen LogP contribution in [0.15, 0.2) is 59.9 Å². The summed E-state index contributed by atoms with van der Waals surface area (Å²) in [6.07, 6.45) is 1.98. The van der Waals surface area contributed by atoms with Gasteiger partial charge in [-0.1, -0.05) is 42.5 Å². The number of hydrogen-bond acceptors (Lipinski definition) is 6. The molecule has 32 heavy (non-hydrogen) atoms. The van der Waals surface area contributed by atoms with Gasteiger partial charge in [-0.25, -0.2) is 0 Å². The van der Waals surface area contributed by atoms with Crippen molar-refractivity contribution in [3.8, 4) is 22.9 Å². The molecule has 0 unspecified atom stereocenters. The predicted octanol–water partition coefficient (Wildman–Crippen LogP) is 2.96. The van der Waals surface area contributed by atoms with Gasteiger partial charge in [-0.05, 0) is 30.7 Å². The first kappa shape index (κ1) is 22.7. The van der Waals surface area contributed by atoms with Crippen molar-refractivity contribution in [3.05, 3.63) is 82.3 Å². The quantitative estimate of drug-likeness (QED) is 0.475. The van der Waals surface area contributed by atoms with Crippen LogP contribution < -0.4 is 20.3 Å². The lowest BCUT2D eigenvalue weighted by molar-refractivity contribution is -0.121. The summed E-state index contributed by atoms with van der Waals surface area (Å²) in [6, 6.07) is 13.1. The zero-order valence-electron chi connectivity index (χ0n) is 18.2. The number of nitrogens with zero attached hydrogens (tertiary/aromatic N) is 2. The Hall–Kier alpha value is -3.94. The van der Waals surface area contributed by atoms with E-state index in [0.29, 0.717) is 36.0 Å². The van der Waals surface area contributed by atoms with E-state index in [9.17, 15) is 9.59 Å². The molecule has 8 heteroatoms. The van der Waals surface area contributed by atoms with Crippen LogP contribution in [0.4, 0.5) is 0 Å². The van der Waals surface area contributed by atoms with Gasteiger partial charge in [0.2, 0.25) is 5.91 Å². The molecule has 0 bridgehead atoms. The Morgan fingerprint density at radius 3 is 2.75 bits per heavy atom. The molecule has 0 aliphatic rings. The number of aromatic amines is 1. The number of ether oxygens (including phenoxy) is 2. The SMILES string of the molecule is C=CCOc1ccc(-c2nnc(CCC(=O)NCc3cccc(C)c3)c(=O)[nH]2)cc1OC. The Morgan fingerprint density at radius 2 is 2.03 bits per heavy atom. The molecule has 0 aliphatic heterocycles. The average Bonchev–Trinajstić information content (AvgIpc) is 2.80. The topological polar surface area (TPSA) is 106 Å². The highest BCUT2D eigenvalue weighted by atomic mass is 16.5. The number of nitrogens with one attached hydrogen (secondary N) is 2. The molecule has 1 heterocycles. The number of aryl methyl sites for hydroxylation is 2. The summed E-state index contributed by atoms with van der Waals surface area (Å²) < 4.78 is 10.9. The van der Waals surface area contributed by atoms with E-state index in [1.165, 1.54) is 7.11 Å². The molecule has 1 amide bonds. The summed E-state index contributed by atoms with van der Waals surface area (Å²) in [5, 5.41) is 11.0. The third-order valence-corrected chi connectivity index (χ3v) is 4.72. The van der Waals surface area contributed by atoms with E-state index >= 15 is 0 Å². The van der Waals surface area contributed by atoms with Gasteiger partial charge in [0, 0.05) is 24.9 Å². The second kappa shape index (κ2) is 10.9. The maximum atomic E-state index is 12.4. The number of aromatic nitrogens is 3. The molecule has 2 aromatic carbocycles. The van der Waals surface area contributed by atoms with Gasteiger partial charge >= 0.3 is 0 Å². The zero-order chi connectivity index (χ0) is 22.9. The van der Waals surface area contributed by atoms with Gasteiger partial charge < -0.3 is 19.8 Å². The molecule has 3 aromatic rings. The van der Waals surface area contributed by atoms with Gasteiger partial charge in [0.1, 0.15) is 12.3 Å². The standard InChI is InChI=1S/C24H26N4O4/c1-4-12-32-20-10-8-18(14-21(20)31-3)23-26-24(30)19(27-28-23)9-11-22(29)25-15-17-7-5-6-16(2)13-17/h4-8,10,13-14H,1,9,11-12,15H2,2-3H3,(H,25,29)(H,26,28,30). The summed E-state index contributed by atoms with van der Waals surface area (Å²) in [4.78, 5) is 27.3. The zero-order valence-corrected chi connectivity index (χ0v) is 18.2. The largest absolute Gasteiger partial charge is 0.493 e. The van der Waals surface area contributed by atoms with Crippen molar-refractivity contribution in [2.45, 2.75) is 26.3 Å². The molecule has 0 saturated carbocycles. The molecule has 0 aliphatic carbocycles. The summed E-state index contributed by atoms with van der Waals surface area (Å²) in [6.45, 7) is 6.41. The van der Waals surface area contributed by atoms with Crippen LogP contribution in [0.25, 0.3) is 11.4 Å². The third-order valence-electron chi connectivity index (χ3n) is 4.72. The molecule has 1 aromatic heterocycles. The molecule has 166 valence electrons. The first-order valence-corrected chi connectivity index (χ1v) is 10.2. The van der Waals surface area contributed by atoms with E-state index in [-0.39, 0.29) is 30.0 Å². The van der Waals surface area contributed by atoms with Crippen molar-refractivity contribution < 1.29 is 14.3 Å². The number of H-pyrrole nitrogens is 1. The molecule has 3 rings (SSSR count). The smallest absolute Gasteiger partial charge is 0.273 e. The van der Waals surface area contributed by atoms with Crippen molar-refractivity contribution in [3.63, 3.8) is 0 Å². The Morgan fingerprint density at radius 1 is 1.19 bits per heavy atom. The highest BCUT2D eigenvalue weighted by Crippen LogP contribution is 2.31. The first-order valence-electron chi connectivity index (χ1n) is 10.2. The minimum absolute atomic E-state index is 0.145. The fourth-order valence-corrected chi connectivity index (χ4v) is 3.08. The van der Waals surface area contributed by atoms with E-state index in [1.54, 1.807) is 24.3 Å². The van der Waals surface area contributed by atoms with Crippen molar-refractivity contribution in [1.29, 1.82) is 0 Å². The Bertz CT molecular complexity index is 1160. The number of amides is 1. The third kappa shape index (κ3) is 6.04. The molecule has 0 atom stereocenters. The number of carbonyl (C=O) groups excluding carboxylic acids is 1. The Balaban J connectivity index is 1.62. The fourth-order valence-electron chi connectivity index (χ4n) is 3.08. The highest BCUT2D eigenvalue weighted by molar-refractivity contribution is 5.76. The second-order valence-electron chi connectivity index (χ2n) is 7.18. The van der Waals surface area contributed by atoms with Crippen LogP contribution in [0, 0.1) is 6.92 Å². The van der Waals surface area contributed by atoms with Gasteiger partial charge in [-0.2, -0.15) is 0 Å². The van der Waals surface area contributed by atoms with Crippen molar-refractivity contribution >= 4 is 5.91 Å². The molecule has 0 saturated heterocycles. The van der Waals surface area contributed by atoms with Crippen molar-refractivity contribution in [2.75, 3.05) is 13.7 Å².